The summed E-state index contributed by atoms with van der Waals surface area (Å²) in [6.07, 6.45) is 13.8. The van der Waals surface area contributed by atoms with Crippen LogP contribution in [0.2, 0.25) is 0 Å². The molecule has 2 N–H and O–H groups in total. The van der Waals surface area contributed by atoms with Crippen LogP contribution in [0.1, 0.15) is 55.5 Å². The first kappa shape index (κ1) is 29.2. The van der Waals surface area contributed by atoms with Gasteiger partial charge in [0.15, 0.2) is 0 Å². The Balaban J connectivity index is 2.01. The summed E-state index contributed by atoms with van der Waals surface area (Å²) in [4.78, 5) is 0. The van der Waals surface area contributed by atoms with Crippen LogP contribution in [0.15, 0.2) is 140 Å². The lowest BCUT2D eigenvalue weighted by molar-refractivity contribution is 0.442. The number of phenolic OH excluding ortho intramolecular Hbond substituents is 2. The molecule has 0 saturated carbocycles. The Morgan fingerprint density at radius 1 is 0.659 bits per heavy atom. The molecule has 0 spiro atoms. The van der Waals surface area contributed by atoms with E-state index in [0.29, 0.717) is 11.1 Å². The summed E-state index contributed by atoms with van der Waals surface area (Å²) in [6.45, 7) is 11.9. The molecule has 1 unspecified atom stereocenters. The molecule has 0 bridgehead atoms. The maximum absolute atomic E-state index is 11.4. The molecule has 0 aliphatic carbocycles. The Labute approximate surface area is 244 Å². The van der Waals surface area contributed by atoms with E-state index in [1.165, 1.54) is 0 Å². The molecule has 4 aromatic rings. The second kappa shape index (κ2) is 13.0. The molecule has 41 heavy (non-hydrogen) atoms. The summed E-state index contributed by atoms with van der Waals surface area (Å²) in [5.41, 5.74) is 7.73. The van der Waals surface area contributed by atoms with Crippen LogP contribution in [0.25, 0.3) is 22.3 Å². The third-order valence-corrected chi connectivity index (χ3v) is 7.69. The van der Waals surface area contributed by atoms with Gasteiger partial charge in [-0.15, -0.1) is 0 Å². The van der Waals surface area contributed by atoms with Gasteiger partial charge in [-0.1, -0.05) is 116 Å². The first-order valence-electron chi connectivity index (χ1n) is 14.0. The van der Waals surface area contributed by atoms with Crippen molar-refractivity contribution in [2.75, 3.05) is 0 Å². The second-order valence-electron chi connectivity index (χ2n) is 10.1. The SMILES string of the molecule is C=C/C=C\C(=C/C)c1ccc(O)c(C(C)(c2ccc(-c3ccccc3)cc2)c2cc(C(/C=C\C)=C/C)ccc2O)c1. The number of aromatic hydroxyl groups is 2. The van der Waals surface area contributed by atoms with Gasteiger partial charge in [-0.2, -0.15) is 0 Å². The first-order valence-corrected chi connectivity index (χ1v) is 14.0. The lowest BCUT2D eigenvalue weighted by atomic mass is 9.69. The maximum Gasteiger partial charge on any atom is 0.120 e. The number of benzene rings is 4. The van der Waals surface area contributed by atoms with Crippen molar-refractivity contribution in [1.29, 1.82) is 0 Å². The van der Waals surface area contributed by atoms with Gasteiger partial charge in [0.25, 0.3) is 0 Å². The lowest BCUT2D eigenvalue weighted by Gasteiger charge is -2.34. The van der Waals surface area contributed by atoms with E-state index in [1.54, 1.807) is 18.2 Å². The number of hydrogen-bond acceptors (Lipinski definition) is 2. The fraction of sp³-hybridized carbons (Fsp3) is 0.128. The van der Waals surface area contributed by atoms with E-state index in [2.05, 4.69) is 62.1 Å². The van der Waals surface area contributed by atoms with Crippen LogP contribution in [-0.4, -0.2) is 10.2 Å². The van der Waals surface area contributed by atoms with E-state index in [4.69, 9.17) is 0 Å². The van der Waals surface area contributed by atoms with E-state index in [9.17, 15) is 10.2 Å². The molecule has 0 radical (unpaired) electrons. The van der Waals surface area contributed by atoms with Gasteiger partial charge in [-0.3, -0.25) is 0 Å². The topological polar surface area (TPSA) is 40.5 Å². The lowest BCUT2D eigenvalue weighted by Crippen LogP contribution is -2.26. The minimum Gasteiger partial charge on any atom is -0.508 e. The zero-order chi connectivity index (χ0) is 29.4. The Morgan fingerprint density at radius 3 is 1.66 bits per heavy atom. The van der Waals surface area contributed by atoms with Crippen LogP contribution < -0.4 is 0 Å². The van der Waals surface area contributed by atoms with Crippen LogP contribution in [0.4, 0.5) is 0 Å². The van der Waals surface area contributed by atoms with Crippen LogP contribution in [0.5, 0.6) is 11.5 Å². The summed E-state index contributed by atoms with van der Waals surface area (Å²) in [5, 5.41) is 22.8. The van der Waals surface area contributed by atoms with Crippen molar-refractivity contribution in [2.45, 2.75) is 33.1 Å². The molecule has 4 aromatic carbocycles. The first-order chi connectivity index (χ1) is 19.9. The molecule has 0 saturated heterocycles. The van der Waals surface area contributed by atoms with Crippen molar-refractivity contribution in [2.24, 2.45) is 0 Å². The summed E-state index contributed by atoms with van der Waals surface area (Å²) in [5.74, 6) is 0.331. The molecule has 1 atom stereocenters. The largest absolute Gasteiger partial charge is 0.508 e. The van der Waals surface area contributed by atoms with E-state index >= 15 is 0 Å². The van der Waals surface area contributed by atoms with Gasteiger partial charge in [-0.25, -0.2) is 0 Å². The summed E-state index contributed by atoms with van der Waals surface area (Å²) in [7, 11) is 0. The van der Waals surface area contributed by atoms with E-state index < -0.39 is 5.41 Å². The van der Waals surface area contributed by atoms with Crippen molar-refractivity contribution in [1.82, 2.24) is 0 Å². The zero-order valence-electron chi connectivity index (χ0n) is 24.3. The molecule has 206 valence electrons. The monoisotopic (exact) mass is 538 g/mol. The molecule has 0 aliphatic rings. The van der Waals surface area contributed by atoms with Gasteiger partial charge < -0.3 is 10.2 Å². The van der Waals surface area contributed by atoms with Gasteiger partial charge in [0.05, 0.1) is 0 Å². The fourth-order valence-electron chi connectivity index (χ4n) is 5.38. The molecule has 0 aliphatic heterocycles. The standard InChI is InChI=1S/C39H38O2/c1-6-10-15-29(9-4)33-21-25-38(41)36(27-33)39(5,34-22-18-31(19-23-34)30-16-12-11-13-17-30)35-26-32(20-24-37(35)40)28(8-3)14-7-2/h6-27,40-41H,1H2,2-5H3/b14-7-,15-10-,28-8+,29-9+. The molecule has 0 heterocycles. The predicted molar refractivity (Wildman–Crippen MR) is 175 cm³/mol. The highest BCUT2D eigenvalue weighted by molar-refractivity contribution is 5.78. The smallest absolute Gasteiger partial charge is 0.120 e. The number of rotatable bonds is 9. The number of hydrogen-bond donors (Lipinski definition) is 2. The fourth-order valence-corrected chi connectivity index (χ4v) is 5.38. The van der Waals surface area contributed by atoms with Gasteiger partial charge in [-0.05, 0) is 90.9 Å². The van der Waals surface area contributed by atoms with Crippen LogP contribution in [0.3, 0.4) is 0 Å². The van der Waals surface area contributed by atoms with Crippen molar-refractivity contribution >= 4 is 11.1 Å². The molecule has 0 fully saturated rings. The van der Waals surface area contributed by atoms with Crippen molar-refractivity contribution in [3.05, 3.63) is 168 Å². The van der Waals surface area contributed by atoms with Crippen molar-refractivity contribution in [3.8, 4) is 22.6 Å². The third kappa shape index (κ3) is 6.02. The van der Waals surface area contributed by atoms with Crippen LogP contribution >= 0.6 is 0 Å². The zero-order valence-corrected chi connectivity index (χ0v) is 24.3. The molecule has 2 heteroatoms. The predicted octanol–water partition coefficient (Wildman–Crippen LogP) is 10.2. The number of allylic oxidation sites excluding steroid dienone is 9. The summed E-state index contributed by atoms with van der Waals surface area (Å²) in [6, 6.07) is 30.1. The van der Waals surface area contributed by atoms with Gasteiger partial charge in [0.1, 0.15) is 11.5 Å². The summed E-state index contributed by atoms with van der Waals surface area (Å²) >= 11 is 0. The Morgan fingerprint density at radius 2 is 1.17 bits per heavy atom. The number of phenols is 2. The Kier molecular flexibility index (Phi) is 9.26. The summed E-state index contributed by atoms with van der Waals surface area (Å²) < 4.78 is 0. The Hall–Kier alpha value is -4.82. The second-order valence-corrected chi connectivity index (χ2v) is 10.1. The van der Waals surface area contributed by atoms with Crippen LogP contribution in [0, 0.1) is 0 Å². The van der Waals surface area contributed by atoms with Crippen molar-refractivity contribution in [3.63, 3.8) is 0 Å². The third-order valence-electron chi connectivity index (χ3n) is 7.69. The van der Waals surface area contributed by atoms with Gasteiger partial charge in [0.2, 0.25) is 0 Å². The van der Waals surface area contributed by atoms with E-state index in [-0.39, 0.29) is 11.5 Å². The van der Waals surface area contributed by atoms with Crippen molar-refractivity contribution < 1.29 is 10.2 Å². The minimum atomic E-state index is -0.884. The van der Waals surface area contributed by atoms with E-state index in [0.717, 1.165) is 39.0 Å². The van der Waals surface area contributed by atoms with E-state index in [1.807, 2.05) is 87.5 Å². The molecule has 4 rings (SSSR count). The van der Waals surface area contributed by atoms with Gasteiger partial charge in [0, 0.05) is 16.5 Å². The maximum atomic E-state index is 11.4. The molecule has 0 aromatic heterocycles. The molecular formula is C39H38O2. The average molecular weight is 539 g/mol. The minimum absolute atomic E-state index is 0.163. The highest BCUT2D eigenvalue weighted by Gasteiger charge is 2.36. The molecule has 0 amide bonds. The molecular weight excluding hydrogens is 500 g/mol. The molecule has 2 nitrogen and oxygen atoms in total. The highest BCUT2D eigenvalue weighted by Crippen LogP contribution is 2.47. The highest BCUT2D eigenvalue weighted by atomic mass is 16.3. The normalized spacial score (nSPS) is 14.0. The average Bonchev–Trinajstić information content (AvgIpc) is 3.01. The van der Waals surface area contributed by atoms with Crippen LogP contribution in [-0.2, 0) is 5.41 Å². The van der Waals surface area contributed by atoms with Gasteiger partial charge >= 0.3 is 0 Å². The Bertz CT molecular complexity index is 1630. The quantitative estimate of drug-likeness (QED) is 0.164.